The van der Waals surface area contributed by atoms with E-state index in [1.165, 1.54) is 4.68 Å². The number of nitrogens with zero attached hydrogens (tertiary/aromatic N) is 4. The van der Waals surface area contributed by atoms with Crippen LogP contribution in [-0.4, -0.2) is 26.0 Å². The van der Waals surface area contributed by atoms with E-state index in [2.05, 4.69) is 15.5 Å². The molecule has 1 N–H and O–H groups in total. The zero-order chi connectivity index (χ0) is 13.0. The van der Waals surface area contributed by atoms with Gasteiger partial charge in [-0.1, -0.05) is 0 Å². The fraction of sp³-hybridized carbons (Fsp3) is 0.455. The van der Waals surface area contributed by atoms with Gasteiger partial charge in [-0.05, 0) is 0 Å². The number of aromatic nitrogens is 4. The first kappa shape index (κ1) is 12.7. The van der Waals surface area contributed by atoms with Crippen LogP contribution in [-0.2, 0) is 26.7 Å². The van der Waals surface area contributed by atoms with Crippen LogP contribution in [0.4, 0.5) is 8.78 Å². The Morgan fingerprint density at radius 1 is 1.17 bits per heavy atom. The van der Waals surface area contributed by atoms with Gasteiger partial charge in [-0.25, -0.2) is 8.78 Å². The number of nitrogens with one attached hydrogen (secondary N) is 1. The monoisotopic (exact) mass is 255 g/mol. The summed E-state index contributed by atoms with van der Waals surface area (Å²) in [5, 5.41) is 11.1. The molecule has 18 heavy (non-hydrogen) atoms. The van der Waals surface area contributed by atoms with Gasteiger partial charge in [-0.2, -0.15) is 10.2 Å². The number of hydrogen-bond donors (Lipinski definition) is 1. The van der Waals surface area contributed by atoms with Crippen molar-refractivity contribution in [3.05, 3.63) is 35.9 Å². The second-order valence-electron chi connectivity index (χ2n) is 4.09. The summed E-state index contributed by atoms with van der Waals surface area (Å²) in [5.41, 5.74) is 1.97. The van der Waals surface area contributed by atoms with Gasteiger partial charge in [0.1, 0.15) is 6.54 Å². The molecular weight excluding hydrogens is 240 g/mol. The SMILES string of the molecule is Cn1cc(CNCc2cnn(CC(F)F)c2)cn1. The lowest BCUT2D eigenvalue weighted by Crippen LogP contribution is -2.12. The minimum absolute atomic E-state index is 0.359. The molecule has 2 rings (SSSR count). The van der Waals surface area contributed by atoms with Gasteiger partial charge in [0.15, 0.2) is 0 Å². The first-order valence-electron chi connectivity index (χ1n) is 5.61. The Morgan fingerprint density at radius 2 is 1.83 bits per heavy atom. The zero-order valence-electron chi connectivity index (χ0n) is 10.1. The van der Waals surface area contributed by atoms with E-state index in [0.717, 1.165) is 11.1 Å². The Labute approximate surface area is 103 Å². The maximum absolute atomic E-state index is 12.1. The average Bonchev–Trinajstić information content (AvgIpc) is 2.88. The summed E-state index contributed by atoms with van der Waals surface area (Å²) < 4.78 is 27.2. The summed E-state index contributed by atoms with van der Waals surface area (Å²) >= 11 is 0. The molecule has 0 bridgehead atoms. The summed E-state index contributed by atoms with van der Waals surface area (Å²) in [6, 6.07) is 0. The molecule has 2 heterocycles. The number of alkyl halides is 2. The van der Waals surface area contributed by atoms with Crippen LogP contribution in [0.15, 0.2) is 24.8 Å². The highest BCUT2D eigenvalue weighted by Gasteiger charge is 2.05. The van der Waals surface area contributed by atoms with Crippen LogP contribution in [0.1, 0.15) is 11.1 Å². The molecule has 0 aliphatic heterocycles. The van der Waals surface area contributed by atoms with E-state index in [0.29, 0.717) is 13.1 Å². The number of rotatable bonds is 6. The fourth-order valence-corrected chi connectivity index (χ4v) is 1.65. The molecule has 0 aliphatic rings. The topological polar surface area (TPSA) is 47.7 Å². The fourth-order valence-electron chi connectivity index (χ4n) is 1.65. The van der Waals surface area contributed by atoms with E-state index in [9.17, 15) is 8.78 Å². The molecule has 5 nitrogen and oxygen atoms in total. The lowest BCUT2D eigenvalue weighted by atomic mass is 10.3. The van der Waals surface area contributed by atoms with Crippen LogP contribution in [0, 0.1) is 0 Å². The minimum Gasteiger partial charge on any atom is -0.308 e. The lowest BCUT2D eigenvalue weighted by Gasteiger charge is -2.00. The molecular formula is C11H15F2N5. The third-order valence-electron chi connectivity index (χ3n) is 2.43. The molecule has 0 fully saturated rings. The maximum Gasteiger partial charge on any atom is 0.257 e. The van der Waals surface area contributed by atoms with Gasteiger partial charge in [-0.15, -0.1) is 0 Å². The van der Waals surface area contributed by atoms with Gasteiger partial charge in [0.25, 0.3) is 6.43 Å². The third-order valence-corrected chi connectivity index (χ3v) is 2.43. The second kappa shape index (κ2) is 5.72. The van der Waals surface area contributed by atoms with Gasteiger partial charge in [0, 0.05) is 43.7 Å². The van der Waals surface area contributed by atoms with E-state index >= 15 is 0 Å². The quantitative estimate of drug-likeness (QED) is 0.843. The Morgan fingerprint density at radius 3 is 2.44 bits per heavy atom. The Balaban J connectivity index is 1.78. The summed E-state index contributed by atoms with van der Waals surface area (Å²) in [5.74, 6) is 0. The Kier molecular flexibility index (Phi) is 4.03. The first-order valence-corrected chi connectivity index (χ1v) is 5.61. The molecule has 0 aromatic carbocycles. The van der Waals surface area contributed by atoms with Gasteiger partial charge < -0.3 is 5.32 Å². The molecule has 2 aromatic heterocycles. The predicted octanol–water partition coefficient (Wildman–Crippen LogP) is 1.17. The number of halogens is 2. The maximum atomic E-state index is 12.1. The second-order valence-corrected chi connectivity index (χ2v) is 4.09. The minimum atomic E-state index is -2.37. The smallest absolute Gasteiger partial charge is 0.257 e. The van der Waals surface area contributed by atoms with E-state index in [1.54, 1.807) is 23.3 Å². The summed E-state index contributed by atoms with van der Waals surface area (Å²) in [6.45, 7) is 0.925. The third kappa shape index (κ3) is 3.63. The lowest BCUT2D eigenvalue weighted by molar-refractivity contribution is 0.122. The van der Waals surface area contributed by atoms with Crippen molar-refractivity contribution in [1.29, 1.82) is 0 Å². The van der Waals surface area contributed by atoms with Gasteiger partial charge in [0.2, 0.25) is 0 Å². The van der Waals surface area contributed by atoms with Crippen molar-refractivity contribution in [2.24, 2.45) is 7.05 Å². The van der Waals surface area contributed by atoms with Crippen molar-refractivity contribution in [2.75, 3.05) is 0 Å². The van der Waals surface area contributed by atoms with Crippen LogP contribution >= 0.6 is 0 Å². The van der Waals surface area contributed by atoms with Gasteiger partial charge in [-0.3, -0.25) is 9.36 Å². The number of hydrogen-bond acceptors (Lipinski definition) is 3. The average molecular weight is 255 g/mol. The van der Waals surface area contributed by atoms with Crippen LogP contribution in [0.2, 0.25) is 0 Å². The van der Waals surface area contributed by atoms with E-state index < -0.39 is 6.43 Å². The molecule has 0 unspecified atom stereocenters. The largest absolute Gasteiger partial charge is 0.308 e. The van der Waals surface area contributed by atoms with Crippen LogP contribution in [0.5, 0.6) is 0 Å². The van der Waals surface area contributed by atoms with Crippen LogP contribution in [0.3, 0.4) is 0 Å². The summed E-state index contributed by atoms with van der Waals surface area (Å²) in [4.78, 5) is 0. The van der Waals surface area contributed by atoms with Crippen molar-refractivity contribution in [3.8, 4) is 0 Å². The molecule has 0 spiro atoms. The van der Waals surface area contributed by atoms with Crippen molar-refractivity contribution >= 4 is 0 Å². The molecule has 0 radical (unpaired) electrons. The molecule has 7 heteroatoms. The van der Waals surface area contributed by atoms with Crippen LogP contribution < -0.4 is 5.32 Å². The molecule has 0 saturated carbocycles. The molecule has 0 saturated heterocycles. The van der Waals surface area contributed by atoms with Crippen molar-refractivity contribution in [3.63, 3.8) is 0 Å². The van der Waals surface area contributed by atoms with E-state index in [1.807, 2.05) is 13.2 Å². The summed E-state index contributed by atoms with van der Waals surface area (Å²) in [6.07, 6.45) is 4.56. The van der Waals surface area contributed by atoms with E-state index in [-0.39, 0.29) is 6.54 Å². The highest BCUT2D eigenvalue weighted by molar-refractivity contribution is 5.06. The molecule has 0 amide bonds. The molecule has 0 aliphatic carbocycles. The Bertz CT molecular complexity index is 491. The highest BCUT2D eigenvalue weighted by atomic mass is 19.3. The van der Waals surface area contributed by atoms with Crippen molar-refractivity contribution < 1.29 is 8.78 Å². The van der Waals surface area contributed by atoms with Gasteiger partial charge >= 0.3 is 0 Å². The molecule has 2 aromatic rings. The predicted molar refractivity (Wildman–Crippen MR) is 62.0 cm³/mol. The molecule has 0 atom stereocenters. The van der Waals surface area contributed by atoms with Crippen LogP contribution in [0.25, 0.3) is 0 Å². The molecule has 98 valence electrons. The van der Waals surface area contributed by atoms with E-state index in [4.69, 9.17) is 0 Å². The number of aryl methyl sites for hydroxylation is 1. The van der Waals surface area contributed by atoms with Crippen molar-refractivity contribution in [2.45, 2.75) is 26.1 Å². The normalized spacial score (nSPS) is 11.3. The highest BCUT2D eigenvalue weighted by Crippen LogP contribution is 2.02. The summed E-state index contributed by atoms with van der Waals surface area (Å²) in [7, 11) is 1.86. The Hall–Kier alpha value is -1.76. The van der Waals surface area contributed by atoms with Crippen molar-refractivity contribution in [1.82, 2.24) is 24.9 Å². The van der Waals surface area contributed by atoms with Gasteiger partial charge in [0.05, 0.1) is 12.4 Å². The first-order chi connectivity index (χ1) is 8.63. The standard InChI is InChI=1S/C11H15F2N5/c1-17-6-9(4-15-17)2-14-3-10-5-16-18(7-10)8-11(12)13/h4-7,11,14H,2-3,8H2,1H3. The zero-order valence-corrected chi connectivity index (χ0v) is 10.1.